The van der Waals surface area contributed by atoms with Gasteiger partial charge in [0.15, 0.2) is 0 Å². The zero-order chi connectivity index (χ0) is 25.0. The SMILES string of the molecule is CC1(C)C(C)(C)C(C)(C)C(C)(C)C(C)(C)C(C)(C)C(C)(C)C(C)(C)C(C)(C)C1(C)C. The summed E-state index contributed by atoms with van der Waals surface area (Å²) in [6, 6.07) is 0. The van der Waals surface area contributed by atoms with Crippen LogP contribution in [-0.4, -0.2) is 0 Å². The van der Waals surface area contributed by atoms with E-state index in [1.165, 1.54) is 0 Å². The fourth-order valence-corrected chi connectivity index (χ4v) is 7.81. The highest BCUT2D eigenvalue weighted by atomic mass is 14.8. The fourth-order valence-electron chi connectivity index (χ4n) is 7.81. The Morgan fingerprint density at radius 2 is 0.167 bits per heavy atom. The van der Waals surface area contributed by atoms with Gasteiger partial charge in [-0.15, -0.1) is 0 Å². The molecule has 0 unspecified atom stereocenters. The Bertz CT molecular complexity index is 430. The molecule has 0 N–H and O–H groups in total. The van der Waals surface area contributed by atoms with E-state index in [1.807, 2.05) is 0 Å². The molecule has 0 aromatic heterocycles. The Balaban J connectivity index is 4.35. The van der Waals surface area contributed by atoms with Crippen LogP contribution >= 0.6 is 0 Å². The molecule has 0 bridgehead atoms. The average Bonchev–Trinajstić information content (AvgIpc) is 2.51. The van der Waals surface area contributed by atoms with Crippen molar-refractivity contribution in [2.24, 2.45) is 54.1 Å². The molecule has 1 fully saturated rings. The number of hydrogen-bond donors (Lipinski definition) is 0. The monoisotopic (exact) mass is 420 g/mol. The van der Waals surface area contributed by atoms with E-state index in [9.17, 15) is 0 Å². The Morgan fingerprint density at radius 3 is 0.200 bits per heavy atom. The van der Waals surface area contributed by atoms with E-state index in [-0.39, 0.29) is 54.1 Å². The lowest BCUT2D eigenvalue weighted by Gasteiger charge is -2.76. The Morgan fingerprint density at radius 1 is 0.133 bits per heavy atom. The molecule has 0 amide bonds. The van der Waals surface area contributed by atoms with E-state index in [0.717, 1.165) is 0 Å². The molecule has 0 aromatic carbocycles. The summed E-state index contributed by atoms with van der Waals surface area (Å²) in [5.41, 5.74) is 1.20. The van der Waals surface area contributed by atoms with Crippen LogP contribution in [0.25, 0.3) is 0 Å². The molecule has 0 nitrogen and oxygen atoms in total. The molecule has 1 rings (SSSR count). The topological polar surface area (TPSA) is 0 Å². The fraction of sp³-hybridized carbons (Fsp3) is 1.00. The van der Waals surface area contributed by atoms with E-state index >= 15 is 0 Å². The molecular formula is C30H60. The first kappa shape index (κ1) is 28.0. The van der Waals surface area contributed by atoms with Crippen LogP contribution < -0.4 is 0 Å². The van der Waals surface area contributed by atoms with Gasteiger partial charge in [0.05, 0.1) is 0 Å². The van der Waals surface area contributed by atoms with Crippen molar-refractivity contribution in [3.8, 4) is 0 Å². The second kappa shape index (κ2) is 6.32. The first-order valence-corrected chi connectivity index (χ1v) is 12.5. The van der Waals surface area contributed by atoms with Crippen LogP contribution in [0.4, 0.5) is 0 Å². The molecule has 180 valence electrons. The summed E-state index contributed by atoms with van der Waals surface area (Å²) in [6.45, 7) is 51.3. The van der Waals surface area contributed by atoms with E-state index in [0.29, 0.717) is 0 Å². The summed E-state index contributed by atoms with van der Waals surface area (Å²) in [5.74, 6) is 0. The van der Waals surface area contributed by atoms with Crippen molar-refractivity contribution in [2.45, 2.75) is 138 Å². The first-order chi connectivity index (χ1) is 12.5. The molecule has 0 heteroatoms. The Hall–Kier alpha value is 0. The lowest BCUT2D eigenvalue weighted by molar-refractivity contribution is -0.283. The van der Waals surface area contributed by atoms with E-state index < -0.39 is 0 Å². The van der Waals surface area contributed by atoms with E-state index in [1.54, 1.807) is 0 Å². The van der Waals surface area contributed by atoms with Gasteiger partial charge in [-0.2, -0.15) is 0 Å². The Labute approximate surface area is 192 Å². The van der Waals surface area contributed by atoms with E-state index in [2.05, 4.69) is 138 Å². The van der Waals surface area contributed by atoms with Crippen molar-refractivity contribution in [3.05, 3.63) is 0 Å². The maximum Gasteiger partial charge on any atom is -0.0241 e. The lowest BCUT2D eigenvalue weighted by Crippen LogP contribution is -2.70. The van der Waals surface area contributed by atoms with Crippen molar-refractivity contribution in [1.82, 2.24) is 0 Å². The minimum Gasteiger partial charge on any atom is -0.0588 e. The zero-order valence-corrected chi connectivity index (χ0v) is 25.0. The van der Waals surface area contributed by atoms with Gasteiger partial charge in [-0.05, 0) is 54.1 Å². The summed E-state index contributed by atoms with van der Waals surface area (Å²) < 4.78 is 0. The van der Waals surface area contributed by atoms with Gasteiger partial charge in [-0.3, -0.25) is 0 Å². The third kappa shape index (κ3) is 2.52. The van der Waals surface area contributed by atoms with Gasteiger partial charge >= 0.3 is 0 Å². The minimum absolute atomic E-state index is 0.120. The molecule has 1 aliphatic rings. The minimum atomic E-state index is 0.120. The molecule has 0 saturated heterocycles. The highest BCUT2D eigenvalue weighted by Crippen LogP contribution is 2.78. The summed E-state index contributed by atoms with van der Waals surface area (Å²) in [5, 5.41) is 0. The van der Waals surface area contributed by atoms with Crippen molar-refractivity contribution >= 4 is 0 Å². The van der Waals surface area contributed by atoms with Crippen molar-refractivity contribution in [1.29, 1.82) is 0 Å². The molecular weight excluding hydrogens is 360 g/mol. The van der Waals surface area contributed by atoms with Crippen molar-refractivity contribution in [2.75, 3.05) is 0 Å². The van der Waals surface area contributed by atoms with Crippen LogP contribution in [0.1, 0.15) is 138 Å². The average molecular weight is 421 g/mol. The lowest BCUT2D eigenvalue weighted by atomic mass is 9.28. The zero-order valence-electron chi connectivity index (χ0n) is 25.0. The molecule has 0 aromatic rings. The van der Waals surface area contributed by atoms with Gasteiger partial charge < -0.3 is 0 Å². The van der Waals surface area contributed by atoms with Crippen molar-refractivity contribution < 1.29 is 0 Å². The second-order valence-electron chi connectivity index (χ2n) is 16.2. The number of rotatable bonds is 0. The van der Waals surface area contributed by atoms with Crippen LogP contribution in [0.3, 0.4) is 0 Å². The van der Waals surface area contributed by atoms with Crippen LogP contribution in [0.15, 0.2) is 0 Å². The molecule has 1 aliphatic carbocycles. The van der Waals surface area contributed by atoms with Crippen LogP contribution in [0.5, 0.6) is 0 Å². The van der Waals surface area contributed by atoms with Crippen molar-refractivity contribution in [3.63, 3.8) is 0 Å². The van der Waals surface area contributed by atoms with Crippen LogP contribution in [-0.2, 0) is 0 Å². The largest absolute Gasteiger partial charge is 0.0588 e. The summed E-state index contributed by atoms with van der Waals surface area (Å²) in [4.78, 5) is 0. The smallest absolute Gasteiger partial charge is 0.0241 e. The van der Waals surface area contributed by atoms with Crippen LogP contribution in [0, 0.1) is 54.1 Å². The van der Waals surface area contributed by atoms with E-state index in [4.69, 9.17) is 0 Å². The van der Waals surface area contributed by atoms with Gasteiger partial charge in [0.2, 0.25) is 0 Å². The van der Waals surface area contributed by atoms with Gasteiger partial charge in [0.1, 0.15) is 0 Å². The first-order valence-electron chi connectivity index (χ1n) is 12.5. The molecule has 0 spiro atoms. The molecule has 0 heterocycles. The van der Waals surface area contributed by atoms with Gasteiger partial charge in [-0.25, -0.2) is 0 Å². The third-order valence-electron chi connectivity index (χ3n) is 15.6. The molecule has 0 atom stereocenters. The molecule has 30 heavy (non-hydrogen) atoms. The van der Waals surface area contributed by atoms with Crippen LogP contribution in [0.2, 0.25) is 0 Å². The normalized spacial score (nSPS) is 34.0. The summed E-state index contributed by atoms with van der Waals surface area (Å²) in [6.07, 6.45) is 0. The second-order valence-corrected chi connectivity index (χ2v) is 16.2. The van der Waals surface area contributed by atoms with Gasteiger partial charge in [0.25, 0.3) is 0 Å². The standard InChI is InChI=1S/C30H60/c1-21(2)22(3,4)24(7,8)26(11,12)28(15,16)30(19,20)29(17,18)27(13,14)25(9,10)23(21,5)6/h1-20H3. The molecule has 1 saturated carbocycles. The maximum atomic E-state index is 2.56. The Kier molecular flexibility index (Phi) is 5.90. The highest BCUT2D eigenvalue weighted by Gasteiger charge is 2.72. The molecule has 0 radical (unpaired) electrons. The summed E-state index contributed by atoms with van der Waals surface area (Å²) >= 11 is 0. The summed E-state index contributed by atoms with van der Waals surface area (Å²) in [7, 11) is 0. The predicted molar refractivity (Wildman–Crippen MR) is 138 cm³/mol. The maximum absolute atomic E-state index is 2.56. The number of hydrogen-bond acceptors (Lipinski definition) is 0. The third-order valence-corrected chi connectivity index (χ3v) is 15.6. The van der Waals surface area contributed by atoms with Gasteiger partial charge in [0, 0.05) is 0 Å². The predicted octanol–water partition coefficient (Wildman–Crippen LogP) is 10.3. The van der Waals surface area contributed by atoms with Gasteiger partial charge in [-0.1, -0.05) is 138 Å². The molecule has 0 aliphatic heterocycles. The quantitative estimate of drug-likeness (QED) is 0.365. The highest BCUT2D eigenvalue weighted by molar-refractivity contribution is 5.20.